The number of piperazine rings is 1. The van der Waals surface area contributed by atoms with Gasteiger partial charge in [0.2, 0.25) is 11.8 Å². The van der Waals surface area contributed by atoms with Crippen LogP contribution in [0.2, 0.25) is 10.0 Å². The van der Waals surface area contributed by atoms with E-state index in [2.05, 4.69) is 9.88 Å². The van der Waals surface area contributed by atoms with Crippen molar-refractivity contribution in [2.45, 2.75) is 13.1 Å². The van der Waals surface area contributed by atoms with Crippen LogP contribution in [0.25, 0.3) is 10.9 Å². The van der Waals surface area contributed by atoms with E-state index < -0.39 is 0 Å². The number of hydrogen-bond donors (Lipinski definition) is 0. The van der Waals surface area contributed by atoms with Crippen molar-refractivity contribution in [1.82, 2.24) is 19.4 Å². The lowest BCUT2D eigenvalue weighted by Crippen LogP contribution is -2.53. The third-order valence-electron chi connectivity index (χ3n) is 6.89. The summed E-state index contributed by atoms with van der Waals surface area (Å²) in [4.78, 5) is 48.6. The van der Waals surface area contributed by atoms with Crippen molar-refractivity contribution in [2.75, 3.05) is 51.3 Å². The molecule has 9 nitrogen and oxygen atoms in total. The average molecular weight is 544 g/mol. The van der Waals surface area contributed by atoms with Crippen LogP contribution in [0, 0.1) is 5.92 Å². The van der Waals surface area contributed by atoms with Crippen LogP contribution < -0.4 is 10.5 Å². The molecule has 0 atom stereocenters. The number of benzene rings is 2. The summed E-state index contributed by atoms with van der Waals surface area (Å²) in [5.74, 6) is -0.0871. The molecule has 0 aliphatic carbocycles. The Hall–Kier alpha value is -3.14. The summed E-state index contributed by atoms with van der Waals surface area (Å²) < 4.78 is 6.47. The van der Waals surface area contributed by atoms with Gasteiger partial charge in [0.15, 0.2) is 0 Å². The zero-order valence-electron chi connectivity index (χ0n) is 20.4. The van der Waals surface area contributed by atoms with Gasteiger partial charge in [0.1, 0.15) is 6.54 Å². The van der Waals surface area contributed by atoms with Crippen LogP contribution in [0.5, 0.6) is 0 Å². The molecule has 0 saturated carbocycles. The van der Waals surface area contributed by atoms with E-state index >= 15 is 0 Å². The Balaban J connectivity index is 1.27. The lowest BCUT2D eigenvalue weighted by Gasteiger charge is -2.39. The normalized spacial score (nSPS) is 16.1. The fraction of sp³-hybridized carbons (Fsp3) is 0.385. The molecular formula is C26H27Cl2N5O4. The first-order chi connectivity index (χ1) is 17.8. The van der Waals surface area contributed by atoms with Gasteiger partial charge in [-0.25, -0.2) is 4.98 Å². The fourth-order valence-corrected chi connectivity index (χ4v) is 4.86. The second-order valence-electron chi connectivity index (χ2n) is 9.42. The Morgan fingerprint density at radius 1 is 1.05 bits per heavy atom. The van der Waals surface area contributed by atoms with E-state index in [4.69, 9.17) is 27.9 Å². The summed E-state index contributed by atoms with van der Waals surface area (Å²) in [5, 5.41) is 1.32. The quantitative estimate of drug-likeness (QED) is 0.475. The zero-order valence-corrected chi connectivity index (χ0v) is 21.9. The third-order valence-corrected chi connectivity index (χ3v) is 7.63. The van der Waals surface area contributed by atoms with Gasteiger partial charge in [-0.2, -0.15) is 0 Å². The van der Waals surface area contributed by atoms with Crippen LogP contribution in [-0.2, 0) is 27.4 Å². The molecule has 0 unspecified atom stereocenters. The smallest absolute Gasteiger partial charge is 0.261 e. The van der Waals surface area contributed by atoms with Gasteiger partial charge in [-0.1, -0.05) is 29.3 Å². The molecule has 5 rings (SSSR count). The number of amides is 2. The summed E-state index contributed by atoms with van der Waals surface area (Å²) in [6, 6.07) is 10.8. The van der Waals surface area contributed by atoms with E-state index in [-0.39, 0.29) is 29.8 Å². The van der Waals surface area contributed by atoms with Crippen LogP contribution in [0.4, 0.5) is 5.69 Å². The molecule has 3 aromatic rings. The topological polar surface area (TPSA) is 88.0 Å². The number of halogens is 2. The number of carbonyl (C=O) groups is 2. The van der Waals surface area contributed by atoms with Gasteiger partial charge in [0.05, 0.1) is 46.4 Å². The molecular weight excluding hydrogens is 517 g/mol. The maximum Gasteiger partial charge on any atom is 0.261 e. The Morgan fingerprint density at radius 3 is 2.49 bits per heavy atom. The Bertz CT molecular complexity index is 1400. The number of fused-ring (bicyclic) bond motifs is 1. The summed E-state index contributed by atoms with van der Waals surface area (Å²) in [5.41, 5.74) is 2.02. The van der Waals surface area contributed by atoms with Crippen LogP contribution in [0.15, 0.2) is 47.5 Å². The Kier molecular flexibility index (Phi) is 7.37. The van der Waals surface area contributed by atoms with Crippen LogP contribution in [-0.4, -0.2) is 77.6 Å². The van der Waals surface area contributed by atoms with E-state index in [1.54, 1.807) is 25.2 Å². The Labute approximate surface area is 224 Å². The predicted molar refractivity (Wildman–Crippen MR) is 142 cm³/mol. The highest BCUT2D eigenvalue weighted by molar-refractivity contribution is 6.42. The van der Waals surface area contributed by atoms with Crippen molar-refractivity contribution in [3.05, 3.63) is 68.7 Å². The molecule has 0 bridgehead atoms. The molecule has 194 valence electrons. The van der Waals surface area contributed by atoms with Crippen molar-refractivity contribution in [3.63, 3.8) is 0 Å². The lowest BCUT2D eigenvalue weighted by atomic mass is 10.1. The minimum atomic E-state index is -0.276. The second kappa shape index (κ2) is 10.7. The first kappa shape index (κ1) is 25.5. The van der Waals surface area contributed by atoms with Crippen LogP contribution in [0.1, 0.15) is 5.56 Å². The SMILES string of the molecule is CN(Cc1ccc(Cl)c(Cl)c1)C(=O)Cn1cnc2ccc(N3CCN(C(=O)C4COC4)CC3)cc2c1=O. The van der Waals surface area contributed by atoms with Crippen LogP contribution in [0.3, 0.4) is 0 Å². The number of likely N-dealkylation sites (N-methyl/N-ethyl adjacent to an activating group) is 1. The summed E-state index contributed by atoms with van der Waals surface area (Å²) in [6.45, 7) is 3.84. The average Bonchev–Trinajstić information content (AvgIpc) is 2.86. The zero-order chi connectivity index (χ0) is 26.1. The maximum absolute atomic E-state index is 13.3. The minimum absolute atomic E-state index is 0.0116. The number of anilines is 1. The summed E-state index contributed by atoms with van der Waals surface area (Å²) in [7, 11) is 1.67. The molecule has 37 heavy (non-hydrogen) atoms. The predicted octanol–water partition coefficient (Wildman–Crippen LogP) is 2.66. The monoisotopic (exact) mass is 543 g/mol. The van der Waals surface area contributed by atoms with E-state index in [0.717, 1.165) is 11.3 Å². The molecule has 0 N–H and O–H groups in total. The number of hydrogen-bond acceptors (Lipinski definition) is 6. The molecule has 2 amide bonds. The third kappa shape index (κ3) is 5.44. The van der Waals surface area contributed by atoms with Gasteiger partial charge in [-0.05, 0) is 35.9 Å². The number of carbonyl (C=O) groups excluding carboxylic acids is 2. The summed E-state index contributed by atoms with van der Waals surface area (Å²) >= 11 is 12.0. The number of nitrogens with zero attached hydrogens (tertiary/aromatic N) is 5. The highest BCUT2D eigenvalue weighted by atomic mass is 35.5. The van der Waals surface area contributed by atoms with Gasteiger partial charge in [-0.3, -0.25) is 19.0 Å². The number of ether oxygens (including phenoxy) is 1. The molecule has 2 aromatic carbocycles. The summed E-state index contributed by atoms with van der Waals surface area (Å²) in [6.07, 6.45) is 1.41. The van der Waals surface area contributed by atoms with Crippen LogP contribution >= 0.6 is 23.2 Å². The molecule has 3 heterocycles. The lowest BCUT2D eigenvalue weighted by molar-refractivity contribution is -0.150. The first-order valence-electron chi connectivity index (χ1n) is 12.1. The van der Waals surface area contributed by atoms with Crippen molar-refractivity contribution >= 4 is 51.6 Å². The van der Waals surface area contributed by atoms with Gasteiger partial charge in [0, 0.05) is 45.5 Å². The number of aromatic nitrogens is 2. The highest BCUT2D eigenvalue weighted by Gasteiger charge is 2.32. The largest absolute Gasteiger partial charge is 0.380 e. The molecule has 2 aliphatic rings. The molecule has 0 radical (unpaired) electrons. The maximum atomic E-state index is 13.3. The van der Waals surface area contributed by atoms with Crippen molar-refractivity contribution in [2.24, 2.45) is 5.92 Å². The van der Waals surface area contributed by atoms with E-state index in [9.17, 15) is 14.4 Å². The van der Waals surface area contributed by atoms with Gasteiger partial charge >= 0.3 is 0 Å². The van der Waals surface area contributed by atoms with Crippen molar-refractivity contribution < 1.29 is 14.3 Å². The highest BCUT2D eigenvalue weighted by Crippen LogP contribution is 2.24. The molecule has 1 aromatic heterocycles. The minimum Gasteiger partial charge on any atom is -0.380 e. The molecule has 2 fully saturated rings. The molecule has 2 aliphatic heterocycles. The number of rotatable bonds is 6. The second-order valence-corrected chi connectivity index (χ2v) is 10.2. The van der Waals surface area contributed by atoms with E-state index in [0.29, 0.717) is 66.9 Å². The van der Waals surface area contributed by atoms with Gasteiger partial charge in [-0.15, -0.1) is 0 Å². The molecule has 2 saturated heterocycles. The fourth-order valence-electron chi connectivity index (χ4n) is 4.54. The first-order valence-corrected chi connectivity index (χ1v) is 12.8. The van der Waals surface area contributed by atoms with E-state index in [1.807, 2.05) is 23.1 Å². The van der Waals surface area contributed by atoms with E-state index in [1.165, 1.54) is 15.8 Å². The standard InChI is InChI=1S/C26H27Cl2N5O4/c1-30(12-17-2-4-21(27)22(28)10-17)24(34)13-33-16-29-23-5-3-19(11-20(23)26(33)36)31-6-8-32(9-7-31)25(35)18-14-37-15-18/h2-5,10-11,16,18H,6-9,12-15H2,1H3. The van der Waals surface area contributed by atoms with Crippen molar-refractivity contribution in [3.8, 4) is 0 Å². The molecule has 0 spiro atoms. The van der Waals surface area contributed by atoms with Gasteiger partial charge in [0.25, 0.3) is 5.56 Å². The molecule has 11 heteroatoms. The Morgan fingerprint density at radius 2 is 1.81 bits per heavy atom. The van der Waals surface area contributed by atoms with Gasteiger partial charge < -0.3 is 19.4 Å². The van der Waals surface area contributed by atoms with Crippen molar-refractivity contribution in [1.29, 1.82) is 0 Å².